The average Bonchev–Trinajstić information content (AvgIpc) is 2.72. The third-order valence-corrected chi connectivity index (χ3v) is 8.56. The first-order chi connectivity index (χ1) is 15.3. The van der Waals surface area contributed by atoms with Crippen LogP contribution in [0.5, 0.6) is 5.75 Å². The van der Waals surface area contributed by atoms with Crippen LogP contribution in [0.4, 0.5) is 5.69 Å². The number of piperidine rings is 1. The number of sulfonamides is 1. The van der Waals surface area contributed by atoms with Crippen molar-refractivity contribution in [2.24, 2.45) is 5.92 Å². The molecule has 1 heterocycles. The number of carbonyl (C=O) groups excluding carboxylic acids is 1. The molecule has 0 aliphatic carbocycles. The van der Waals surface area contributed by atoms with Crippen LogP contribution in [0.25, 0.3) is 0 Å². The number of amides is 1. The van der Waals surface area contributed by atoms with E-state index < -0.39 is 10.0 Å². The standard InChI is InChI=1S/C26H36N2O4S/c1-17-14-18(2)24(19(3)15-17)33(30,31)28-12-10-20(11-13-28)25(29)27-22-16-21(26(4,5)6)8-9-23(22)32-7/h8-9,14-16,20H,10-13H2,1-7H3,(H,27,29). The van der Waals surface area contributed by atoms with E-state index in [2.05, 4.69) is 26.1 Å². The molecule has 0 atom stereocenters. The van der Waals surface area contributed by atoms with Gasteiger partial charge in [0, 0.05) is 19.0 Å². The average molecular weight is 473 g/mol. The first kappa shape index (κ1) is 25.2. The Morgan fingerprint density at radius 1 is 1.03 bits per heavy atom. The fourth-order valence-electron chi connectivity index (χ4n) is 4.57. The van der Waals surface area contributed by atoms with Gasteiger partial charge in [0.2, 0.25) is 15.9 Å². The van der Waals surface area contributed by atoms with Crippen LogP contribution in [0.1, 0.15) is 55.9 Å². The molecular formula is C26H36N2O4S. The SMILES string of the molecule is COc1ccc(C(C)(C)C)cc1NC(=O)C1CCN(S(=O)(=O)c2c(C)cc(C)cc2C)CC1. The van der Waals surface area contributed by atoms with E-state index in [1.165, 1.54) is 4.31 Å². The van der Waals surface area contributed by atoms with Crippen LogP contribution in [0, 0.1) is 26.7 Å². The summed E-state index contributed by atoms with van der Waals surface area (Å²) < 4.78 is 33.6. The maximum atomic E-state index is 13.3. The molecule has 1 aliphatic rings. The van der Waals surface area contributed by atoms with Crippen LogP contribution in [0.3, 0.4) is 0 Å². The van der Waals surface area contributed by atoms with Crippen molar-refractivity contribution in [2.75, 3.05) is 25.5 Å². The van der Waals surface area contributed by atoms with Crippen LogP contribution >= 0.6 is 0 Å². The zero-order valence-electron chi connectivity index (χ0n) is 20.8. The van der Waals surface area contributed by atoms with E-state index in [1.807, 2.05) is 51.1 Å². The molecule has 180 valence electrons. The lowest BCUT2D eigenvalue weighted by molar-refractivity contribution is -0.120. The molecule has 1 aliphatic heterocycles. The van der Waals surface area contributed by atoms with E-state index in [0.717, 1.165) is 22.3 Å². The summed E-state index contributed by atoms with van der Waals surface area (Å²) in [5.74, 6) is 0.264. The van der Waals surface area contributed by atoms with E-state index >= 15 is 0 Å². The summed E-state index contributed by atoms with van der Waals surface area (Å²) in [4.78, 5) is 13.4. The highest BCUT2D eigenvalue weighted by Crippen LogP contribution is 2.33. The number of benzene rings is 2. The molecule has 0 spiro atoms. The Hall–Kier alpha value is -2.38. The van der Waals surface area contributed by atoms with Crippen molar-refractivity contribution in [2.45, 2.75) is 64.7 Å². The molecule has 0 saturated carbocycles. The number of carbonyl (C=O) groups is 1. The highest BCUT2D eigenvalue weighted by molar-refractivity contribution is 7.89. The van der Waals surface area contributed by atoms with Gasteiger partial charge >= 0.3 is 0 Å². The summed E-state index contributed by atoms with van der Waals surface area (Å²) in [5.41, 5.74) is 4.26. The van der Waals surface area contributed by atoms with Gasteiger partial charge in [-0.15, -0.1) is 0 Å². The van der Waals surface area contributed by atoms with Crippen LogP contribution in [-0.4, -0.2) is 38.8 Å². The summed E-state index contributed by atoms with van der Waals surface area (Å²) in [5, 5.41) is 3.02. The molecule has 0 bridgehead atoms. The highest BCUT2D eigenvalue weighted by atomic mass is 32.2. The van der Waals surface area contributed by atoms with Gasteiger partial charge in [-0.05, 0) is 67.9 Å². The minimum Gasteiger partial charge on any atom is -0.495 e. The van der Waals surface area contributed by atoms with E-state index in [1.54, 1.807) is 7.11 Å². The molecule has 2 aromatic rings. The Balaban J connectivity index is 1.72. The van der Waals surface area contributed by atoms with E-state index in [9.17, 15) is 13.2 Å². The fraction of sp³-hybridized carbons (Fsp3) is 0.500. The second-order valence-electron chi connectivity index (χ2n) is 10.1. The molecule has 1 saturated heterocycles. The van der Waals surface area contributed by atoms with Crippen LogP contribution in [0.2, 0.25) is 0 Å². The molecule has 1 amide bonds. The number of rotatable bonds is 5. The Bertz CT molecular complexity index is 1120. The number of ether oxygens (including phenoxy) is 1. The summed E-state index contributed by atoms with van der Waals surface area (Å²) in [6.07, 6.45) is 0.965. The van der Waals surface area contributed by atoms with Gasteiger partial charge in [0.05, 0.1) is 17.7 Å². The lowest BCUT2D eigenvalue weighted by Crippen LogP contribution is -2.41. The van der Waals surface area contributed by atoms with Gasteiger partial charge in [-0.1, -0.05) is 44.5 Å². The maximum Gasteiger partial charge on any atom is 0.243 e. The summed E-state index contributed by atoms with van der Waals surface area (Å²) in [6.45, 7) is 12.7. The second kappa shape index (κ2) is 9.47. The van der Waals surface area contributed by atoms with Crippen molar-refractivity contribution in [3.05, 3.63) is 52.6 Å². The first-order valence-corrected chi connectivity index (χ1v) is 12.9. The molecule has 1 N–H and O–H groups in total. The van der Waals surface area contributed by atoms with Crippen molar-refractivity contribution in [1.29, 1.82) is 0 Å². The van der Waals surface area contributed by atoms with E-state index in [0.29, 0.717) is 42.3 Å². The smallest absolute Gasteiger partial charge is 0.243 e. The minimum atomic E-state index is -3.60. The van der Waals surface area contributed by atoms with E-state index in [4.69, 9.17) is 4.74 Å². The number of methoxy groups -OCH3 is 1. The normalized spacial score (nSPS) is 16.0. The number of hydrogen-bond acceptors (Lipinski definition) is 4. The largest absolute Gasteiger partial charge is 0.495 e. The Kier molecular flexibility index (Phi) is 7.24. The second-order valence-corrected chi connectivity index (χ2v) is 11.9. The monoisotopic (exact) mass is 472 g/mol. The van der Waals surface area contributed by atoms with Gasteiger partial charge < -0.3 is 10.1 Å². The molecule has 3 rings (SSSR count). The van der Waals surface area contributed by atoms with Gasteiger partial charge in [-0.2, -0.15) is 4.31 Å². The van der Waals surface area contributed by atoms with Crippen molar-refractivity contribution < 1.29 is 17.9 Å². The number of hydrogen-bond donors (Lipinski definition) is 1. The Labute approximate surface area is 198 Å². The lowest BCUT2D eigenvalue weighted by Gasteiger charge is -2.31. The molecule has 0 unspecified atom stereocenters. The quantitative estimate of drug-likeness (QED) is 0.668. The van der Waals surface area contributed by atoms with Gasteiger partial charge in [-0.25, -0.2) is 8.42 Å². The summed E-state index contributed by atoms with van der Waals surface area (Å²) in [6, 6.07) is 9.64. The van der Waals surface area contributed by atoms with Gasteiger partial charge in [0.15, 0.2) is 0 Å². The third kappa shape index (κ3) is 5.41. The van der Waals surface area contributed by atoms with Crippen molar-refractivity contribution in [3.8, 4) is 5.75 Å². The first-order valence-electron chi connectivity index (χ1n) is 11.4. The van der Waals surface area contributed by atoms with Crippen LogP contribution in [0.15, 0.2) is 35.2 Å². The van der Waals surface area contributed by atoms with Crippen molar-refractivity contribution >= 4 is 21.6 Å². The maximum absolute atomic E-state index is 13.3. The molecular weight excluding hydrogens is 436 g/mol. The zero-order chi connectivity index (χ0) is 24.6. The fourth-order valence-corrected chi connectivity index (χ4v) is 6.45. The molecule has 33 heavy (non-hydrogen) atoms. The predicted molar refractivity (Wildman–Crippen MR) is 132 cm³/mol. The number of nitrogens with zero attached hydrogens (tertiary/aromatic N) is 1. The Morgan fingerprint density at radius 2 is 1.61 bits per heavy atom. The molecule has 7 heteroatoms. The third-order valence-electron chi connectivity index (χ3n) is 6.35. The van der Waals surface area contributed by atoms with Gasteiger partial charge in [-0.3, -0.25) is 4.79 Å². The van der Waals surface area contributed by atoms with Crippen molar-refractivity contribution in [1.82, 2.24) is 4.31 Å². The summed E-state index contributed by atoms with van der Waals surface area (Å²) >= 11 is 0. The highest BCUT2D eigenvalue weighted by Gasteiger charge is 2.34. The molecule has 6 nitrogen and oxygen atoms in total. The molecule has 0 radical (unpaired) electrons. The predicted octanol–water partition coefficient (Wildman–Crippen LogP) is 4.96. The topological polar surface area (TPSA) is 75.7 Å². The summed E-state index contributed by atoms with van der Waals surface area (Å²) in [7, 11) is -2.02. The number of nitrogens with one attached hydrogen (secondary N) is 1. The zero-order valence-corrected chi connectivity index (χ0v) is 21.6. The number of anilines is 1. The lowest BCUT2D eigenvalue weighted by atomic mass is 9.86. The van der Waals surface area contributed by atoms with Gasteiger partial charge in [0.1, 0.15) is 5.75 Å². The van der Waals surface area contributed by atoms with Crippen LogP contribution in [-0.2, 0) is 20.2 Å². The minimum absolute atomic E-state index is 0.0578. The molecule has 0 aromatic heterocycles. The Morgan fingerprint density at radius 3 is 2.12 bits per heavy atom. The van der Waals surface area contributed by atoms with Crippen LogP contribution < -0.4 is 10.1 Å². The van der Waals surface area contributed by atoms with E-state index in [-0.39, 0.29) is 17.2 Å². The molecule has 2 aromatic carbocycles. The number of aryl methyl sites for hydroxylation is 3. The van der Waals surface area contributed by atoms with Crippen molar-refractivity contribution in [3.63, 3.8) is 0 Å². The van der Waals surface area contributed by atoms with Gasteiger partial charge in [0.25, 0.3) is 0 Å². The molecule has 1 fully saturated rings.